The Balaban J connectivity index is 1.91. The summed E-state index contributed by atoms with van der Waals surface area (Å²) in [5, 5.41) is 3.41. The van der Waals surface area contributed by atoms with Crippen molar-refractivity contribution in [1.82, 2.24) is 10.3 Å². The van der Waals surface area contributed by atoms with E-state index in [1.165, 1.54) is 12.3 Å². The maximum absolute atomic E-state index is 13.1. The van der Waals surface area contributed by atoms with Crippen molar-refractivity contribution in [3.63, 3.8) is 0 Å². The summed E-state index contributed by atoms with van der Waals surface area (Å²) in [5.74, 6) is 0.0937. The Morgan fingerprint density at radius 2 is 2.10 bits per heavy atom. The molecule has 2 unspecified atom stereocenters. The second-order valence-corrected chi connectivity index (χ2v) is 5.48. The van der Waals surface area contributed by atoms with Crippen LogP contribution in [0.5, 0.6) is 0 Å². The molecule has 1 aromatic heterocycles. The van der Waals surface area contributed by atoms with Gasteiger partial charge in [0.05, 0.1) is 5.56 Å². The lowest BCUT2D eigenvalue weighted by molar-refractivity contribution is -0.137. The average molecular weight is 285 g/mol. The molecule has 2 saturated heterocycles. The van der Waals surface area contributed by atoms with Gasteiger partial charge in [0.1, 0.15) is 5.82 Å². The van der Waals surface area contributed by atoms with Crippen LogP contribution in [0.3, 0.4) is 0 Å². The zero-order valence-corrected chi connectivity index (χ0v) is 11.2. The van der Waals surface area contributed by atoms with E-state index in [1.54, 1.807) is 0 Å². The Morgan fingerprint density at radius 1 is 1.25 bits per heavy atom. The topological polar surface area (TPSA) is 28.2 Å². The van der Waals surface area contributed by atoms with E-state index in [-0.39, 0.29) is 11.9 Å². The molecule has 3 heterocycles. The van der Waals surface area contributed by atoms with Gasteiger partial charge in [-0.1, -0.05) is 0 Å². The van der Waals surface area contributed by atoms with Gasteiger partial charge in [0.25, 0.3) is 0 Å². The molecule has 3 nitrogen and oxygen atoms in total. The van der Waals surface area contributed by atoms with E-state index in [9.17, 15) is 13.2 Å². The number of aromatic nitrogens is 1. The highest BCUT2D eigenvalue weighted by molar-refractivity contribution is 5.50. The first kappa shape index (κ1) is 13.7. The van der Waals surface area contributed by atoms with Gasteiger partial charge in [0.2, 0.25) is 0 Å². The molecule has 110 valence electrons. The zero-order valence-electron chi connectivity index (χ0n) is 11.2. The van der Waals surface area contributed by atoms with Gasteiger partial charge in [-0.15, -0.1) is 0 Å². The van der Waals surface area contributed by atoms with E-state index < -0.39 is 11.7 Å². The summed E-state index contributed by atoms with van der Waals surface area (Å²) >= 11 is 0. The van der Waals surface area contributed by atoms with Crippen molar-refractivity contribution in [1.29, 1.82) is 0 Å². The largest absolute Gasteiger partial charge is 0.419 e. The van der Waals surface area contributed by atoms with E-state index in [4.69, 9.17) is 0 Å². The first-order valence-corrected chi connectivity index (χ1v) is 7.09. The molecule has 0 aromatic carbocycles. The minimum absolute atomic E-state index is 0.0937. The lowest BCUT2D eigenvalue weighted by Crippen LogP contribution is -2.45. The van der Waals surface area contributed by atoms with Crippen molar-refractivity contribution < 1.29 is 13.2 Å². The normalized spacial score (nSPS) is 27.2. The fraction of sp³-hybridized carbons (Fsp3) is 0.643. The number of alkyl halides is 3. The molecule has 1 aromatic rings. The molecule has 0 saturated carbocycles. The van der Waals surface area contributed by atoms with Crippen molar-refractivity contribution in [3.05, 3.63) is 23.9 Å². The van der Waals surface area contributed by atoms with E-state index in [0.29, 0.717) is 12.6 Å². The summed E-state index contributed by atoms with van der Waals surface area (Å²) in [6.07, 6.45) is 1.10. The van der Waals surface area contributed by atoms with Gasteiger partial charge in [-0.3, -0.25) is 0 Å². The Labute approximate surface area is 116 Å². The molecule has 20 heavy (non-hydrogen) atoms. The number of pyridine rings is 1. The monoisotopic (exact) mass is 285 g/mol. The molecule has 0 radical (unpaired) electrons. The molecule has 0 amide bonds. The van der Waals surface area contributed by atoms with Gasteiger partial charge in [-0.05, 0) is 44.4 Å². The molecule has 2 atom stereocenters. The summed E-state index contributed by atoms with van der Waals surface area (Å²) < 4.78 is 39.4. The summed E-state index contributed by atoms with van der Waals surface area (Å²) in [6, 6.07) is 2.90. The molecule has 2 aliphatic heterocycles. The number of anilines is 1. The fourth-order valence-corrected chi connectivity index (χ4v) is 3.36. The molecule has 6 heteroatoms. The van der Waals surface area contributed by atoms with Crippen LogP contribution < -0.4 is 10.2 Å². The standard InChI is InChI=1S/C14H18F3N3/c15-14(16,17)10-4-1-8-19-13(10)20-9-3-6-12(20)11-5-2-7-18-11/h1,4,8,11-12,18H,2-3,5-7,9H2. The number of rotatable bonds is 2. The minimum atomic E-state index is -4.35. The van der Waals surface area contributed by atoms with Gasteiger partial charge in [-0.25, -0.2) is 4.98 Å². The van der Waals surface area contributed by atoms with Crippen LogP contribution in [0.15, 0.2) is 18.3 Å². The second kappa shape index (κ2) is 5.24. The van der Waals surface area contributed by atoms with Crippen molar-refractivity contribution in [3.8, 4) is 0 Å². The predicted octanol–water partition coefficient (Wildman–Crippen LogP) is 2.82. The number of hydrogen-bond acceptors (Lipinski definition) is 3. The van der Waals surface area contributed by atoms with Crippen LogP contribution in [0.25, 0.3) is 0 Å². The van der Waals surface area contributed by atoms with Crippen LogP contribution in [0, 0.1) is 0 Å². The van der Waals surface area contributed by atoms with Gasteiger partial charge >= 0.3 is 6.18 Å². The second-order valence-electron chi connectivity index (χ2n) is 5.48. The SMILES string of the molecule is FC(F)(F)c1cccnc1N1CCCC1C1CCCN1. The maximum atomic E-state index is 13.1. The highest BCUT2D eigenvalue weighted by Crippen LogP contribution is 2.38. The number of nitrogens with zero attached hydrogens (tertiary/aromatic N) is 2. The van der Waals surface area contributed by atoms with E-state index in [1.807, 2.05) is 4.90 Å². The molecular formula is C14H18F3N3. The van der Waals surface area contributed by atoms with Crippen molar-refractivity contribution in [2.45, 2.75) is 43.9 Å². The van der Waals surface area contributed by atoms with E-state index in [0.717, 1.165) is 38.3 Å². The molecule has 0 spiro atoms. The molecule has 2 fully saturated rings. The lowest BCUT2D eigenvalue weighted by Gasteiger charge is -2.32. The van der Waals surface area contributed by atoms with Crippen LogP contribution >= 0.6 is 0 Å². The zero-order chi connectivity index (χ0) is 14.2. The fourth-order valence-electron chi connectivity index (χ4n) is 3.36. The smallest absolute Gasteiger partial charge is 0.352 e. The van der Waals surface area contributed by atoms with Crippen LogP contribution in [0.1, 0.15) is 31.2 Å². The Hall–Kier alpha value is -1.30. The summed E-state index contributed by atoms with van der Waals surface area (Å²) in [4.78, 5) is 5.88. The van der Waals surface area contributed by atoms with E-state index in [2.05, 4.69) is 10.3 Å². The Kier molecular flexibility index (Phi) is 3.58. The molecule has 0 bridgehead atoms. The first-order chi connectivity index (χ1) is 9.57. The van der Waals surface area contributed by atoms with Crippen LogP contribution in [0.2, 0.25) is 0 Å². The van der Waals surface area contributed by atoms with Gasteiger partial charge in [-0.2, -0.15) is 13.2 Å². The van der Waals surface area contributed by atoms with E-state index >= 15 is 0 Å². The Bertz CT molecular complexity index is 469. The number of nitrogens with one attached hydrogen (secondary N) is 1. The molecule has 3 rings (SSSR count). The number of hydrogen-bond donors (Lipinski definition) is 1. The molecular weight excluding hydrogens is 267 g/mol. The lowest BCUT2D eigenvalue weighted by atomic mass is 10.0. The quantitative estimate of drug-likeness (QED) is 0.905. The molecule has 0 aliphatic carbocycles. The van der Waals surface area contributed by atoms with Crippen molar-refractivity contribution in [2.75, 3.05) is 18.0 Å². The van der Waals surface area contributed by atoms with Crippen molar-refractivity contribution >= 4 is 5.82 Å². The van der Waals surface area contributed by atoms with Gasteiger partial charge in [0, 0.05) is 24.8 Å². The number of halogens is 3. The van der Waals surface area contributed by atoms with Crippen molar-refractivity contribution in [2.24, 2.45) is 0 Å². The van der Waals surface area contributed by atoms with Crippen LogP contribution in [-0.2, 0) is 6.18 Å². The minimum Gasteiger partial charge on any atom is -0.352 e. The highest BCUT2D eigenvalue weighted by atomic mass is 19.4. The summed E-state index contributed by atoms with van der Waals surface area (Å²) in [7, 11) is 0. The third-order valence-corrected chi connectivity index (χ3v) is 4.23. The summed E-state index contributed by atoms with van der Waals surface area (Å²) in [5.41, 5.74) is -0.620. The average Bonchev–Trinajstić information content (AvgIpc) is 3.08. The first-order valence-electron chi connectivity index (χ1n) is 7.09. The highest BCUT2D eigenvalue weighted by Gasteiger charge is 2.40. The van der Waals surface area contributed by atoms with Gasteiger partial charge in [0.15, 0.2) is 0 Å². The van der Waals surface area contributed by atoms with Crippen LogP contribution in [0.4, 0.5) is 19.0 Å². The molecule has 1 N–H and O–H groups in total. The predicted molar refractivity (Wildman–Crippen MR) is 70.6 cm³/mol. The van der Waals surface area contributed by atoms with Gasteiger partial charge < -0.3 is 10.2 Å². The maximum Gasteiger partial charge on any atom is 0.419 e. The third kappa shape index (κ3) is 2.49. The molecule has 2 aliphatic rings. The van der Waals surface area contributed by atoms with Crippen LogP contribution in [-0.4, -0.2) is 30.2 Å². The third-order valence-electron chi connectivity index (χ3n) is 4.23. The summed E-state index contributed by atoms with van der Waals surface area (Å²) in [6.45, 7) is 1.62. The Morgan fingerprint density at radius 3 is 2.80 bits per heavy atom.